The smallest absolute Gasteiger partial charge is 0.402 e. The summed E-state index contributed by atoms with van der Waals surface area (Å²) in [6.07, 6.45) is 1.25. The molecular formula is C16H15F3N2. The lowest BCUT2D eigenvalue weighted by Crippen LogP contribution is -2.14. The standard InChI is InChI=1S/C16H15F3N2/c1-10-8-11(20)5-6-13(10)15-14(16(17,18)19)9-12-4-2-3-7-21(12)15/h2-7,9-10H,8,20H2,1H3. The van der Waals surface area contributed by atoms with E-state index in [9.17, 15) is 13.2 Å². The van der Waals surface area contributed by atoms with Gasteiger partial charge < -0.3 is 10.1 Å². The molecule has 1 aliphatic rings. The first-order valence-electron chi connectivity index (χ1n) is 6.72. The lowest BCUT2D eigenvalue weighted by molar-refractivity contribution is -0.137. The van der Waals surface area contributed by atoms with Gasteiger partial charge >= 0.3 is 6.18 Å². The molecule has 0 amide bonds. The highest BCUT2D eigenvalue weighted by Gasteiger charge is 2.37. The fourth-order valence-electron chi connectivity index (χ4n) is 2.84. The van der Waals surface area contributed by atoms with Crippen LogP contribution in [0.1, 0.15) is 24.6 Å². The molecular weight excluding hydrogens is 277 g/mol. The van der Waals surface area contributed by atoms with Crippen molar-refractivity contribution < 1.29 is 13.2 Å². The highest BCUT2D eigenvalue weighted by molar-refractivity contribution is 5.75. The number of nitrogens with zero attached hydrogens (tertiary/aromatic N) is 1. The van der Waals surface area contributed by atoms with Crippen LogP contribution in [0.2, 0.25) is 0 Å². The van der Waals surface area contributed by atoms with Gasteiger partial charge in [0.1, 0.15) is 0 Å². The second-order valence-corrected chi connectivity index (χ2v) is 5.37. The van der Waals surface area contributed by atoms with Crippen molar-refractivity contribution in [2.75, 3.05) is 0 Å². The summed E-state index contributed by atoms with van der Waals surface area (Å²) in [4.78, 5) is 0. The lowest BCUT2D eigenvalue weighted by atomic mass is 9.88. The highest BCUT2D eigenvalue weighted by atomic mass is 19.4. The molecule has 0 radical (unpaired) electrons. The molecule has 2 N–H and O–H groups in total. The van der Waals surface area contributed by atoms with Gasteiger partial charge in [-0.2, -0.15) is 13.2 Å². The number of rotatable bonds is 1. The van der Waals surface area contributed by atoms with E-state index in [1.807, 2.05) is 6.92 Å². The molecule has 2 aromatic heterocycles. The Balaban J connectivity index is 2.30. The zero-order chi connectivity index (χ0) is 15.2. The number of fused-ring (bicyclic) bond motifs is 1. The molecule has 2 aromatic rings. The fourth-order valence-corrected chi connectivity index (χ4v) is 2.84. The van der Waals surface area contributed by atoms with Gasteiger partial charge in [0.2, 0.25) is 0 Å². The maximum absolute atomic E-state index is 13.4. The maximum Gasteiger partial charge on any atom is 0.418 e. The molecule has 1 unspecified atom stereocenters. The Bertz CT molecular complexity index is 750. The largest absolute Gasteiger partial charge is 0.418 e. The first-order valence-corrected chi connectivity index (χ1v) is 6.72. The van der Waals surface area contributed by atoms with Crippen LogP contribution in [0, 0.1) is 5.92 Å². The second kappa shape index (κ2) is 4.69. The van der Waals surface area contributed by atoms with Crippen LogP contribution in [0.15, 0.2) is 48.3 Å². The molecule has 5 heteroatoms. The van der Waals surface area contributed by atoms with Gasteiger partial charge in [-0.05, 0) is 42.2 Å². The third-order valence-corrected chi connectivity index (χ3v) is 3.81. The Hall–Kier alpha value is -2.17. The first kappa shape index (κ1) is 13.8. The molecule has 0 saturated carbocycles. The quantitative estimate of drug-likeness (QED) is 0.838. The predicted molar refractivity (Wildman–Crippen MR) is 76.4 cm³/mol. The summed E-state index contributed by atoms with van der Waals surface area (Å²) in [5, 5.41) is 0. The van der Waals surface area contributed by atoms with E-state index in [0.717, 1.165) is 0 Å². The number of halogens is 3. The van der Waals surface area contributed by atoms with Crippen molar-refractivity contribution in [1.82, 2.24) is 4.40 Å². The van der Waals surface area contributed by atoms with Crippen molar-refractivity contribution in [2.24, 2.45) is 11.7 Å². The van der Waals surface area contributed by atoms with Crippen LogP contribution < -0.4 is 5.73 Å². The Kier molecular flexibility index (Phi) is 3.08. The molecule has 1 aliphatic carbocycles. The summed E-state index contributed by atoms with van der Waals surface area (Å²) in [7, 11) is 0. The Morgan fingerprint density at radius 3 is 2.67 bits per heavy atom. The number of pyridine rings is 1. The van der Waals surface area contributed by atoms with Gasteiger partial charge in [0.05, 0.1) is 11.3 Å². The maximum atomic E-state index is 13.4. The molecule has 0 aliphatic heterocycles. The molecule has 21 heavy (non-hydrogen) atoms. The van der Waals surface area contributed by atoms with E-state index in [0.29, 0.717) is 23.2 Å². The molecule has 0 bridgehead atoms. The average molecular weight is 292 g/mol. The SMILES string of the molecule is CC1CC(N)=CC=C1c1c(C(F)(F)F)cc2ccccn12. The summed E-state index contributed by atoms with van der Waals surface area (Å²) in [6, 6.07) is 6.34. The van der Waals surface area contributed by atoms with Crippen molar-refractivity contribution in [1.29, 1.82) is 0 Å². The minimum Gasteiger partial charge on any atom is -0.402 e. The van der Waals surface area contributed by atoms with E-state index < -0.39 is 11.7 Å². The van der Waals surface area contributed by atoms with Gasteiger partial charge in [-0.15, -0.1) is 0 Å². The summed E-state index contributed by atoms with van der Waals surface area (Å²) in [5.74, 6) is -0.0468. The minimum absolute atomic E-state index is 0.0468. The predicted octanol–water partition coefficient (Wildman–Crippen LogP) is 4.22. The molecule has 0 spiro atoms. The van der Waals surface area contributed by atoms with Gasteiger partial charge in [-0.25, -0.2) is 0 Å². The minimum atomic E-state index is -4.38. The molecule has 0 aromatic carbocycles. The number of hydrogen-bond acceptors (Lipinski definition) is 1. The second-order valence-electron chi connectivity index (χ2n) is 5.37. The van der Waals surface area contributed by atoms with E-state index >= 15 is 0 Å². The first-order chi connectivity index (χ1) is 9.88. The van der Waals surface area contributed by atoms with Crippen molar-refractivity contribution in [3.63, 3.8) is 0 Å². The normalized spacial score (nSPS) is 19.5. The Labute approximate surface area is 120 Å². The van der Waals surface area contributed by atoms with Crippen molar-refractivity contribution >= 4 is 11.1 Å². The third-order valence-electron chi connectivity index (χ3n) is 3.81. The average Bonchev–Trinajstić information content (AvgIpc) is 2.78. The van der Waals surface area contributed by atoms with Crippen LogP contribution in [0.25, 0.3) is 11.1 Å². The van der Waals surface area contributed by atoms with E-state index in [2.05, 4.69) is 0 Å². The zero-order valence-corrected chi connectivity index (χ0v) is 11.5. The van der Waals surface area contributed by atoms with Crippen LogP contribution in [-0.4, -0.2) is 4.40 Å². The van der Waals surface area contributed by atoms with Crippen LogP contribution in [-0.2, 0) is 6.18 Å². The van der Waals surface area contributed by atoms with Crippen LogP contribution >= 0.6 is 0 Å². The molecule has 2 heterocycles. The summed E-state index contributed by atoms with van der Waals surface area (Å²) < 4.78 is 41.7. The fraction of sp³-hybridized carbons (Fsp3) is 0.250. The van der Waals surface area contributed by atoms with Crippen molar-refractivity contribution in [2.45, 2.75) is 19.5 Å². The summed E-state index contributed by atoms with van der Waals surface area (Å²) >= 11 is 0. The van der Waals surface area contributed by atoms with Gasteiger partial charge in [0, 0.05) is 17.4 Å². The topological polar surface area (TPSA) is 30.4 Å². The van der Waals surface area contributed by atoms with E-state index in [1.165, 1.54) is 6.07 Å². The Morgan fingerprint density at radius 2 is 2.00 bits per heavy atom. The van der Waals surface area contributed by atoms with E-state index in [1.54, 1.807) is 40.9 Å². The monoisotopic (exact) mass is 292 g/mol. The van der Waals surface area contributed by atoms with Gasteiger partial charge in [-0.1, -0.05) is 19.1 Å². The number of allylic oxidation sites excluding steroid dienone is 4. The number of alkyl halides is 3. The lowest BCUT2D eigenvalue weighted by Gasteiger charge is -2.22. The van der Waals surface area contributed by atoms with Crippen LogP contribution in [0.4, 0.5) is 13.2 Å². The highest BCUT2D eigenvalue weighted by Crippen LogP contribution is 2.41. The van der Waals surface area contributed by atoms with Crippen LogP contribution in [0.3, 0.4) is 0 Å². The van der Waals surface area contributed by atoms with Crippen LogP contribution in [0.5, 0.6) is 0 Å². The third kappa shape index (κ3) is 2.33. The molecule has 0 saturated heterocycles. The zero-order valence-electron chi connectivity index (χ0n) is 11.5. The van der Waals surface area contributed by atoms with E-state index in [-0.39, 0.29) is 11.6 Å². The van der Waals surface area contributed by atoms with Crippen molar-refractivity contribution in [3.8, 4) is 0 Å². The molecule has 2 nitrogen and oxygen atoms in total. The van der Waals surface area contributed by atoms with Gasteiger partial charge in [-0.3, -0.25) is 0 Å². The molecule has 3 rings (SSSR count). The molecule has 0 fully saturated rings. The molecule has 110 valence electrons. The number of nitrogens with two attached hydrogens (primary N) is 1. The summed E-state index contributed by atoms with van der Waals surface area (Å²) in [6.45, 7) is 1.90. The van der Waals surface area contributed by atoms with Crippen molar-refractivity contribution in [3.05, 3.63) is 59.6 Å². The number of aromatic nitrogens is 1. The van der Waals surface area contributed by atoms with Gasteiger partial charge in [0.15, 0.2) is 0 Å². The molecule has 1 atom stereocenters. The number of hydrogen-bond donors (Lipinski definition) is 1. The van der Waals surface area contributed by atoms with E-state index in [4.69, 9.17) is 5.73 Å². The summed E-state index contributed by atoms with van der Waals surface area (Å²) in [5.41, 5.74) is 7.29. The Morgan fingerprint density at radius 1 is 1.24 bits per heavy atom. The van der Waals surface area contributed by atoms with Gasteiger partial charge in [0.25, 0.3) is 0 Å².